The second-order valence-corrected chi connectivity index (χ2v) is 9.85. The van der Waals surface area contributed by atoms with Crippen LogP contribution in [0.1, 0.15) is 28.2 Å². The summed E-state index contributed by atoms with van der Waals surface area (Å²) in [6.07, 6.45) is 2.99. The summed E-state index contributed by atoms with van der Waals surface area (Å²) >= 11 is 0. The van der Waals surface area contributed by atoms with Crippen molar-refractivity contribution in [2.45, 2.75) is 18.8 Å². The average molecular weight is 541 g/mol. The Bertz CT molecular complexity index is 1660. The maximum atomic E-state index is 11.0. The van der Waals surface area contributed by atoms with Crippen LogP contribution in [0.3, 0.4) is 0 Å². The van der Waals surface area contributed by atoms with Crippen LogP contribution in [0, 0.1) is 0 Å². The lowest BCUT2D eigenvalue weighted by Gasteiger charge is -2.27. The number of phenols is 4. The number of allylic oxidation sites excluding steroid dienone is 1. The van der Waals surface area contributed by atoms with E-state index in [2.05, 4.69) is 0 Å². The van der Waals surface area contributed by atoms with Gasteiger partial charge in [0.2, 0.25) is 0 Å². The maximum absolute atomic E-state index is 11.0. The number of rotatable bonds is 5. The fraction of sp³-hybridized carbons (Fsp3) is 0.188. The Kier molecular flexibility index (Phi) is 6.30. The van der Waals surface area contributed by atoms with E-state index in [-0.39, 0.29) is 28.9 Å². The van der Waals surface area contributed by atoms with Gasteiger partial charge >= 0.3 is 0 Å². The van der Waals surface area contributed by atoms with Crippen molar-refractivity contribution in [2.75, 3.05) is 20.8 Å². The van der Waals surface area contributed by atoms with Crippen molar-refractivity contribution in [3.05, 3.63) is 89.0 Å². The summed E-state index contributed by atoms with van der Waals surface area (Å²) in [5.74, 6) is 2.50. The van der Waals surface area contributed by atoms with Crippen molar-refractivity contribution < 1.29 is 39.4 Å². The molecule has 2 aliphatic rings. The number of aromatic hydroxyl groups is 4. The molecule has 6 rings (SSSR count). The summed E-state index contributed by atoms with van der Waals surface area (Å²) in [5.41, 5.74) is 3.98. The Morgan fingerprint density at radius 3 is 2.33 bits per heavy atom. The summed E-state index contributed by atoms with van der Waals surface area (Å²) in [7, 11) is 3.04. The molecule has 0 saturated heterocycles. The van der Waals surface area contributed by atoms with Crippen LogP contribution in [-0.2, 0) is 12.8 Å². The van der Waals surface area contributed by atoms with Gasteiger partial charge in [-0.2, -0.15) is 0 Å². The number of methoxy groups -OCH3 is 2. The number of benzene rings is 4. The molecule has 0 saturated carbocycles. The Labute approximate surface area is 230 Å². The quantitative estimate of drug-likeness (QED) is 0.248. The highest BCUT2D eigenvalue weighted by atomic mass is 16.5. The fourth-order valence-electron chi connectivity index (χ4n) is 5.31. The van der Waals surface area contributed by atoms with Gasteiger partial charge in [-0.05, 0) is 54.3 Å². The summed E-state index contributed by atoms with van der Waals surface area (Å²) in [4.78, 5) is 0. The Morgan fingerprint density at radius 1 is 0.725 bits per heavy atom. The molecule has 1 unspecified atom stereocenters. The van der Waals surface area contributed by atoms with Crippen LogP contribution >= 0.6 is 0 Å². The Balaban J connectivity index is 1.38. The van der Waals surface area contributed by atoms with Gasteiger partial charge in [-0.3, -0.25) is 0 Å². The van der Waals surface area contributed by atoms with E-state index in [1.165, 1.54) is 19.2 Å². The van der Waals surface area contributed by atoms with Gasteiger partial charge in [-0.1, -0.05) is 12.1 Å². The van der Waals surface area contributed by atoms with Crippen LogP contribution in [0.4, 0.5) is 0 Å². The van der Waals surface area contributed by atoms with Crippen LogP contribution in [0.5, 0.6) is 46.0 Å². The first-order chi connectivity index (χ1) is 19.3. The SMILES string of the molecule is COc1ccc(C2COc3cc(O)c(-c4cc(C5=CCc6ccc(O)cc6O5)c(O)cc4OC)cc3C2)c(O)c1. The zero-order chi connectivity index (χ0) is 28.0. The summed E-state index contributed by atoms with van der Waals surface area (Å²) in [6.45, 7) is 0.348. The van der Waals surface area contributed by atoms with Crippen LogP contribution in [0.15, 0.2) is 66.7 Å². The van der Waals surface area contributed by atoms with Gasteiger partial charge in [-0.15, -0.1) is 0 Å². The molecule has 0 aromatic heterocycles. The standard InChI is InChI=1S/C32H28O8/c1-37-21-6-7-22(26(34)12-21)19-9-18-10-23(27(35)14-30(18)39-16-19)24-13-25(28(36)15-32(24)38-2)29-8-4-17-3-5-20(33)11-31(17)40-29/h3,5-8,10-15,19,33-36H,4,9,16H2,1-2H3. The summed E-state index contributed by atoms with van der Waals surface area (Å²) < 4.78 is 22.8. The molecular formula is C32H28O8. The van der Waals surface area contributed by atoms with Gasteiger partial charge in [0, 0.05) is 46.9 Å². The number of phenolic OH excluding ortho intramolecular Hbond substituents is 4. The predicted octanol–water partition coefficient (Wildman–Crippen LogP) is 5.89. The first-order valence-corrected chi connectivity index (χ1v) is 12.8. The lowest BCUT2D eigenvalue weighted by Crippen LogP contribution is -2.19. The molecule has 0 aliphatic carbocycles. The number of hydrogen-bond donors (Lipinski definition) is 4. The minimum atomic E-state index is -0.106. The minimum absolute atomic E-state index is 0.00626. The normalized spacial score (nSPS) is 15.7. The lowest BCUT2D eigenvalue weighted by atomic mass is 9.87. The van der Waals surface area contributed by atoms with Crippen molar-refractivity contribution in [2.24, 2.45) is 0 Å². The van der Waals surface area contributed by atoms with Crippen molar-refractivity contribution in [3.8, 4) is 57.1 Å². The van der Waals surface area contributed by atoms with Gasteiger partial charge in [-0.25, -0.2) is 0 Å². The first kappa shape index (κ1) is 25.3. The van der Waals surface area contributed by atoms with Gasteiger partial charge in [0.1, 0.15) is 51.8 Å². The number of fused-ring (bicyclic) bond motifs is 2. The largest absolute Gasteiger partial charge is 0.508 e. The second-order valence-electron chi connectivity index (χ2n) is 9.85. The molecular weight excluding hydrogens is 512 g/mol. The molecule has 2 heterocycles. The van der Waals surface area contributed by atoms with E-state index in [9.17, 15) is 20.4 Å². The van der Waals surface area contributed by atoms with Crippen molar-refractivity contribution in [1.82, 2.24) is 0 Å². The van der Waals surface area contributed by atoms with Crippen LogP contribution in [0.25, 0.3) is 16.9 Å². The summed E-state index contributed by atoms with van der Waals surface area (Å²) in [6, 6.07) is 16.8. The second kappa shape index (κ2) is 9.96. The van der Waals surface area contributed by atoms with E-state index < -0.39 is 0 Å². The van der Waals surface area contributed by atoms with Gasteiger partial charge in [0.25, 0.3) is 0 Å². The molecule has 8 heteroatoms. The molecule has 4 aromatic rings. The Morgan fingerprint density at radius 2 is 1.55 bits per heavy atom. The minimum Gasteiger partial charge on any atom is -0.508 e. The smallest absolute Gasteiger partial charge is 0.134 e. The molecule has 8 nitrogen and oxygen atoms in total. The molecule has 1 atom stereocenters. The van der Waals surface area contributed by atoms with E-state index in [1.54, 1.807) is 43.5 Å². The monoisotopic (exact) mass is 540 g/mol. The van der Waals surface area contributed by atoms with Crippen molar-refractivity contribution in [3.63, 3.8) is 0 Å². The zero-order valence-electron chi connectivity index (χ0n) is 22.0. The lowest BCUT2D eigenvalue weighted by molar-refractivity contribution is 0.258. The predicted molar refractivity (Wildman–Crippen MR) is 149 cm³/mol. The molecule has 204 valence electrons. The van der Waals surface area contributed by atoms with Gasteiger partial charge in [0.15, 0.2) is 0 Å². The molecule has 4 N–H and O–H groups in total. The van der Waals surface area contributed by atoms with E-state index in [0.29, 0.717) is 64.9 Å². The third-order valence-electron chi connectivity index (χ3n) is 7.41. The van der Waals surface area contributed by atoms with Crippen LogP contribution in [-0.4, -0.2) is 41.3 Å². The van der Waals surface area contributed by atoms with E-state index in [1.807, 2.05) is 18.2 Å². The molecule has 2 aliphatic heterocycles. The average Bonchev–Trinajstić information content (AvgIpc) is 2.96. The van der Waals surface area contributed by atoms with E-state index >= 15 is 0 Å². The van der Waals surface area contributed by atoms with Crippen LogP contribution in [0.2, 0.25) is 0 Å². The Hall–Kier alpha value is -4.98. The number of ether oxygens (including phenoxy) is 4. The molecule has 0 spiro atoms. The zero-order valence-corrected chi connectivity index (χ0v) is 22.0. The van der Waals surface area contributed by atoms with E-state index in [4.69, 9.17) is 18.9 Å². The molecule has 4 aromatic carbocycles. The van der Waals surface area contributed by atoms with Crippen LogP contribution < -0.4 is 18.9 Å². The maximum Gasteiger partial charge on any atom is 0.134 e. The van der Waals surface area contributed by atoms with Crippen molar-refractivity contribution >= 4 is 5.76 Å². The van der Waals surface area contributed by atoms with Crippen molar-refractivity contribution in [1.29, 1.82) is 0 Å². The van der Waals surface area contributed by atoms with Gasteiger partial charge in [0.05, 0.1) is 26.4 Å². The third-order valence-corrected chi connectivity index (χ3v) is 7.41. The molecule has 0 amide bonds. The highest BCUT2D eigenvalue weighted by molar-refractivity contribution is 5.83. The molecule has 0 bridgehead atoms. The number of hydrogen-bond acceptors (Lipinski definition) is 8. The third kappa shape index (κ3) is 4.47. The van der Waals surface area contributed by atoms with Gasteiger partial charge < -0.3 is 39.4 Å². The molecule has 0 fully saturated rings. The van der Waals surface area contributed by atoms with E-state index in [0.717, 1.165) is 16.7 Å². The summed E-state index contributed by atoms with van der Waals surface area (Å²) in [5, 5.41) is 42.4. The highest BCUT2D eigenvalue weighted by Crippen LogP contribution is 2.47. The topological polar surface area (TPSA) is 118 Å². The first-order valence-electron chi connectivity index (χ1n) is 12.8. The molecule has 40 heavy (non-hydrogen) atoms. The fourth-order valence-corrected chi connectivity index (χ4v) is 5.31. The highest BCUT2D eigenvalue weighted by Gasteiger charge is 2.27. The molecule has 0 radical (unpaired) electrons.